The molecular weight excluding hydrogens is 453 g/mol. The lowest BCUT2D eigenvalue weighted by Crippen LogP contribution is -2.49. The van der Waals surface area contributed by atoms with Crippen LogP contribution in [-0.4, -0.2) is 37.2 Å². The molecule has 4 rings (SSSR count). The van der Waals surface area contributed by atoms with E-state index >= 15 is 0 Å². The average Bonchev–Trinajstić information content (AvgIpc) is 3.43. The Balaban J connectivity index is 1.76. The molecule has 4 aromatic rings. The highest BCUT2D eigenvalue weighted by Crippen LogP contribution is 2.28. The summed E-state index contributed by atoms with van der Waals surface area (Å²) >= 11 is 1.47. The molecule has 2 aromatic carbocycles. The number of fused-ring (bicyclic) bond motifs is 1. The van der Waals surface area contributed by atoms with Crippen LogP contribution in [-0.2, 0) is 22.7 Å². The van der Waals surface area contributed by atoms with Gasteiger partial charge in [0.2, 0.25) is 11.8 Å². The summed E-state index contributed by atoms with van der Waals surface area (Å²) in [5, 5.41) is 13.0. The van der Waals surface area contributed by atoms with Gasteiger partial charge in [-0.25, -0.2) is 9.07 Å². The summed E-state index contributed by atoms with van der Waals surface area (Å²) < 4.78 is 16.5. The highest BCUT2D eigenvalue weighted by molar-refractivity contribution is 7.09. The number of halogens is 1. The first-order chi connectivity index (χ1) is 16.2. The summed E-state index contributed by atoms with van der Waals surface area (Å²) in [4.78, 5) is 29.5. The van der Waals surface area contributed by atoms with Crippen molar-refractivity contribution < 1.29 is 14.0 Å². The van der Waals surface area contributed by atoms with Crippen LogP contribution in [0.15, 0.2) is 66.0 Å². The van der Waals surface area contributed by atoms with E-state index in [1.54, 1.807) is 18.2 Å². The average molecular weight is 480 g/mol. The Hall–Kier alpha value is -3.59. The minimum Gasteiger partial charge on any atom is -0.349 e. The number of hydrogen-bond donors (Lipinski definition) is 1. The van der Waals surface area contributed by atoms with Gasteiger partial charge in [-0.3, -0.25) is 9.59 Å². The Kier molecular flexibility index (Phi) is 6.74. The van der Waals surface area contributed by atoms with Crippen molar-refractivity contribution in [2.45, 2.75) is 45.4 Å². The summed E-state index contributed by atoms with van der Waals surface area (Å²) in [7, 11) is 0. The Morgan fingerprint density at radius 3 is 2.53 bits per heavy atom. The molecule has 0 aliphatic carbocycles. The fraction of sp³-hybridized carbons (Fsp3) is 0.280. The van der Waals surface area contributed by atoms with Crippen LogP contribution in [0, 0.1) is 5.82 Å². The number of carbonyl (C=O) groups excluding carboxylic acids is 2. The zero-order valence-corrected chi connectivity index (χ0v) is 20.1. The Morgan fingerprint density at radius 2 is 1.82 bits per heavy atom. The number of nitrogens with one attached hydrogen (secondary N) is 1. The molecule has 0 aliphatic rings. The first-order valence-electron chi connectivity index (χ1n) is 10.9. The second-order valence-electron chi connectivity index (χ2n) is 9.00. The van der Waals surface area contributed by atoms with Crippen molar-refractivity contribution in [1.82, 2.24) is 25.2 Å². The fourth-order valence-electron chi connectivity index (χ4n) is 3.73. The van der Waals surface area contributed by atoms with Crippen LogP contribution in [0.2, 0.25) is 0 Å². The van der Waals surface area contributed by atoms with E-state index in [0.717, 1.165) is 4.88 Å². The van der Waals surface area contributed by atoms with Crippen LogP contribution < -0.4 is 5.32 Å². The van der Waals surface area contributed by atoms with E-state index in [1.165, 1.54) is 27.0 Å². The number of rotatable bonds is 7. The van der Waals surface area contributed by atoms with Crippen molar-refractivity contribution in [2.75, 3.05) is 0 Å². The van der Waals surface area contributed by atoms with Crippen LogP contribution in [0.25, 0.3) is 11.0 Å². The van der Waals surface area contributed by atoms with E-state index in [9.17, 15) is 14.0 Å². The van der Waals surface area contributed by atoms with E-state index in [0.29, 0.717) is 11.0 Å². The van der Waals surface area contributed by atoms with Gasteiger partial charge >= 0.3 is 0 Å². The molecule has 0 radical (unpaired) electrons. The molecule has 0 spiro atoms. The number of amides is 2. The van der Waals surface area contributed by atoms with Crippen molar-refractivity contribution in [3.8, 4) is 0 Å². The van der Waals surface area contributed by atoms with Crippen LogP contribution in [0.4, 0.5) is 4.39 Å². The van der Waals surface area contributed by atoms with Gasteiger partial charge in [-0.05, 0) is 50.4 Å². The smallest absolute Gasteiger partial charge is 0.247 e. The summed E-state index contributed by atoms with van der Waals surface area (Å²) in [5.74, 6) is -1.38. The molecule has 2 amide bonds. The molecule has 9 heteroatoms. The number of carbonyl (C=O) groups is 2. The van der Waals surface area contributed by atoms with E-state index < -0.39 is 23.3 Å². The maximum Gasteiger partial charge on any atom is 0.247 e. The molecule has 176 valence electrons. The van der Waals surface area contributed by atoms with Gasteiger partial charge < -0.3 is 10.2 Å². The Labute approximate surface area is 201 Å². The molecular formula is C25H26FN5O2S. The van der Waals surface area contributed by atoms with Crippen molar-refractivity contribution in [3.05, 3.63) is 82.3 Å². The van der Waals surface area contributed by atoms with Gasteiger partial charge in [0.25, 0.3) is 0 Å². The van der Waals surface area contributed by atoms with Crippen molar-refractivity contribution in [1.29, 1.82) is 0 Å². The van der Waals surface area contributed by atoms with Crippen molar-refractivity contribution in [3.63, 3.8) is 0 Å². The summed E-state index contributed by atoms with van der Waals surface area (Å²) in [6.45, 7) is 5.54. The number of thiophene rings is 1. The van der Waals surface area contributed by atoms with Gasteiger partial charge in [0.15, 0.2) is 0 Å². The van der Waals surface area contributed by atoms with Gasteiger partial charge in [-0.2, -0.15) is 0 Å². The highest BCUT2D eigenvalue weighted by atomic mass is 32.1. The van der Waals surface area contributed by atoms with Gasteiger partial charge in [0.1, 0.15) is 23.9 Å². The van der Waals surface area contributed by atoms with E-state index in [1.807, 2.05) is 62.5 Å². The third kappa shape index (κ3) is 5.31. The zero-order valence-electron chi connectivity index (χ0n) is 19.2. The number of nitrogens with zero attached hydrogens (tertiary/aromatic N) is 4. The lowest BCUT2D eigenvalue weighted by atomic mass is 10.0. The molecule has 0 saturated carbocycles. The van der Waals surface area contributed by atoms with Crippen molar-refractivity contribution in [2.24, 2.45) is 0 Å². The zero-order chi connectivity index (χ0) is 24.3. The minimum atomic E-state index is -1.16. The monoisotopic (exact) mass is 479 g/mol. The van der Waals surface area contributed by atoms with E-state index in [4.69, 9.17) is 0 Å². The third-order valence-corrected chi connectivity index (χ3v) is 6.05. The lowest BCUT2D eigenvalue weighted by Gasteiger charge is -2.33. The molecule has 1 unspecified atom stereocenters. The molecule has 2 aromatic heterocycles. The number of hydrogen-bond acceptors (Lipinski definition) is 5. The maximum absolute atomic E-state index is 15.0. The predicted octanol–water partition coefficient (Wildman–Crippen LogP) is 4.32. The van der Waals surface area contributed by atoms with E-state index in [2.05, 4.69) is 15.6 Å². The fourth-order valence-corrected chi connectivity index (χ4v) is 4.44. The third-order valence-electron chi connectivity index (χ3n) is 5.19. The number of para-hydroxylation sites is 1. The van der Waals surface area contributed by atoms with Crippen molar-refractivity contribution >= 4 is 34.2 Å². The molecule has 0 bridgehead atoms. The molecule has 1 atom stereocenters. The highest BCUT2D eigenvalue weighted by Gasteiger charge is 2.35. The summed E-state index contributed by atoms with van der Waals surface area (Å²) in [6.07, 6.45) is 0. The number of benzene rings is 2. The SMILES string of the molecule is CC(C)(C)NC(=O)C(c1ccccc1F)N(Cc1cccs1)C(=O)Cn1nnc2ccccc21. The summed E-state index contributed by atoms with van der Waals surface area (Å²) in [5.41, 5.74) is 0.933. The second-order valence-corrected chi connectivity index (χ2v) is 10.0. The quantitative estimate of drug-likeness (QED) is 0.428. The lowest BCUT2D eigenvalue weighted by molar-refractivity contribution is -0.142. The Morgan fingerprint density at radius 1 is 1.09 bits per heavy atom. The van der Waals surface area contributed by atoms with Gasteiger partial charge in [-0.1, -0.05) is 41.6 Å². The first kappa shape index (κ1) is 23.6. The van der Waals surface area contributed by atoms with Crippen LogP contribution in [0.5, 0.6) is 0 Å². The molecule has 0 aliphatic heterocycles. The van der Waals surface area contributed by atoms with Crippen LogP contribution in [0.3, 0.4) is 0 Å². The first-order valence-corrected chi connectivity index (χ1v) is 11.8. The standard InChI is InChI=1S/C25H26FN5O2S/c1-25(2,3)27-24(33)23(18-10-4-5-11-19(18)26)30(15-17-9-8-14-34-17)22(32)16-31-21-13-7-6-12-20(21)28-29-31/h4-14,23H,15-16H2,1-3H3,(H,27,33). The largest absolute Gasteiger partial charge is 0.349 e. The molecule has 0 saturated heterocycles. The molecule has 34 heavy (non-hydrogen) atoms. The van der Waals surface area contributed by atoms with E-state index in [-0.39, 0.29) is 24.6 Å². The molecule has 2 heterocycles. The van der Waals surface area contributed by atoms with Gasteiger partial charge in [0.05, 0.1) is 12.1 Å². The van der Waals surface area contributed by atoms with Crippen LogP contribution in [0.1, 0.15) is 37.3 Å². The minimum absolute atomic E-state index is 0.137. The molecule has 0 fully saturated rings. The molecule has 1 N–H and O–H groups in total. The molecule has 7 nitrogen and oxygen atoms in total. The maximum atomic E-state index is 15.0. The number of aromatic nitrogens is 3. The second kappa shape index (κ2) is 9.72. The normalized spacial score (nSPS) is 12.5. The topological polar surface area (TPSA) is 80.1 Å². The predicted molar refractivity (Wildman–Crippen MR) is 129 cm³/mol. The summed E-state index contributed by atoms with van der Waals surface area (Å²) in [6, 6.07) is 16.0. The van der Waals surface area contributed by atoms with Crippen LogP contribution >= 0.6 is 11.3 Å². The van der Waals surface area contributed by atoms with Gasteiger partial charge in [-0.15, -0.1) is 16.4 Å². The van der Waals surface area contributed by atoms with Gasteiger partial charge in [0, 0.05) is 16.0 Å². The Bertz CT molecular complexity index is 1300.